The molecule has 0 amide bonds. The zero-order valence-corrected chi connectivity index (χ0v) is 14.3. The molecule has 3 aromatic rings. The maximum Gasteiger partial charge on any atom is 0.231 e. The van der Waals surface area contributed by atoms with Gasteiger partial charge in [0.15, 0.2) is 11.5 Å². The average Bonchev–Trinajstić information content (AvgIpc) is 3.30. The van der Waals surface area contributed by atoms with E-state index < -0.39 is 0 Å². The summed E-state index contributed by atoms with van der Waals surface area (Å²) in [7, 11) is 0. The summed E-state index contributed by atoms with van der Waals surface area (Å²) >= 11 is 1.46. The number of nitriles is 1. The molecule has 5 heteroatoms. The molecule has 0 saturated carbocycles. The Balaban J connectivity index is 1.65. The number of aromatic nitrogens is 1. The van der Waals surface area contributed by atoms with Crippen LogP contribution in [-0.4, -0.2) is 11.8 Å². The van der Waals surface area contributed by atoms with Crippen LogP contribution in [0.1, 0.15) is 16.1 Å². The van der Waals surface area contributed by atoms with E-state index in [0.29, 0.717) is 10.6 Å². The summed E-state index contributed by atoms with van der Waals surface area (Å²) in [5, 5.41) is 12.2. The third-order valence-electron chi connectivity index (χ3n) is 3.91. The van der Waals surface area contributed by atoms with Gasteiger partial charge in [0.2, 0.25) is 6.79 Å². The molecule has 0 radical (unpaired) electrons. The van der Waals surface area contributed by atoms with Crippen LogP contribution >= 0.6 is 11.3 Å². The maximum atomic E-state index is 9.51. The molecule has 0 bridgehead atoms. The van der Waals surface area contributed by atoms with E-state index in [4.69, 9.17) is 9.47 Å². The summed E-state index contributed by atoms with van der Waals surface area (Å²) in [6.07, 6.45) is 1.86. The van der Waals surface area contributed by atoms with Gasteiger partial charge < -0.3 is 9.47 Å². The van der Waals surface area contributed by atoms with Gasteiger partial charge >= 0.3 is 0 Å². The minimum absolute atomic E-state index is 0.249. The largest absolute Gasteiger partial charge is 0.454 e. The summed E-state index contributed by atoms with van der Waals surface area (Å²) in [5.74, 6) is 1.47. The fourth-order valence-corrected chi connectivity index (χ4v) is 3.35. The Labute approximate surface area is 149 Å². The van der Waals surface area contributed by atoms with Crippen LogP contribution in [0.3, 0.4) is 0 Å². The summed E-state index contributed by atoms with van der Waals surface area (Å²) < 4.78 is 10.7. The molecule has 25 heavy (non-hydrogen) atoms. The van der Waals surface area contributed by atoms with Crippen molar-refractivity contribution in [1.29, 1.82) is 5.26 Å². The fourth-order valence-electron chi connectivity index (χ4n) is 2.56. The number of benzene rings is 2. The monoisotopic (exact) mass is 346 g/mol. The number of allylic oxidation sites excluding steroid dienone is 1. The fraction of sp³-hybridized carbons (Fsp3) is 0.100. The number of hydrogen-bond donors (Lipinski definition) is 0. The van der Waals surface area contributed by atoms with Crippen LogP contribution in [0.5, 0.6) is 11.5 Å². The van der Waals surface area contributed by atoms with Crippen molar-refractivity contribution in [2.24, 2.45) is 0 Å². The van der Waals surface area contributed by atoms with Gasteiger partial charge in [-0.3, -0.25) is 0 Å². The minimum atomic E-state index is 0.249. The smallest absolute Gasteiger partial charge is 0.231 e. The van der Waals surface area contributed by atoms with Crippen LogP contribution in [0.2, 0.25) is 0 Å². The topological polar surface area (TPSA) is 55.1 Å². The highest BCUT2D eigenvalue weighted by Gasteiger charge is 2.15. The third kappa shape index (κ3) is 3.12. The van der Waals surface area contributed by atoms with Crippen LogP contribution < -0.4 is 9.47 Å². The van der Waals surface area contributed by atoms with Crippen molar-refractivity contribution >= 4 is 23.0 Å². The second-order valence-electron chi connectivity index (χ2n) is 5.69. The van der Waals surface area contributed by atoms with Gasteiger partial charge in [0.1, 0.15) is 11.1 Å². The van der Waals surface area contributed by atoms with E-state index in [1.807, 2.05) is 60.8 Å². The first kappa shape index (κ1) is 15.4. The summed E-state index contributed by atoms with van der Waals surface area (Å²) in [5.41, 5.74) is 4.50. The molecule has 0 aliphatic carbocycles. The van der Waals surface area contributed by atoms with Crippen molar-refractivity contribution in [1.82, 2.24) is 4.98 Å². The predicted molar refractivity (Wildman–Crippen MR) is 98.3 cm³/mol. The number of thiazole rings is 1. The second-order valence-corrected chi connectivity index (χ2v) is 6.54. The normalized spacial score (nSPS) is 12.9. The minimum Gasteiger partial charge on any atom is -0.454 e. The Morgan fingerprint density at radius 1 is 1.16 bits per heavy atom. The number of aryl methyl sites for hydroxylation is 1. The zero-order valence-electron chi connectivity index (χ0n) is 13.5. The first-order valence-electron chi connectivity index (χ1n) is 7.77. The molecule has 0 unspecified atom stereocenters. The van der Waals surface area contributed by atoms with E-state index in [1.165, 1.54) is 16.9 Å². The van der Waals surface area contributed by atoms with Crippen molar-refractivity contribution < 1.29 is 9.47 Å². The van der Waals surface area contributed by atoms with Crippen molar-refractivity contribution in [3.63, 3.8) is 0 Å². The van der Waals surface area contributed by atoms with Crippen molar-refractivity contribution in [2.45, 2.75) is 6.92 Å². The SMILES string of the molecule is Cc1ccc(/C=C(\C#N)c2nc(-c3ccc4c(c3)OCO4)cs2)cc1. The van der Waals surface area contributed by atoms with Gasteiger partial charge in [0.05, 0.1) is 11.3 Å². The lowest BCUT2D eigenvalue weighted by Gasteiger charge is -2.00. The van der Waals surface area contributed by atoms with E-state index in [-0.39, 0.29) is 6.79 Å². The van der Waals surface area contributed by atoms with Crippen molar-refractivity contribution in [2.75, 3.05) is 6.79 Å². The average molecular weight is 346 g/mol. The Bertz CT molecular complexity index is 997. The molecule has 2 aromatic carbocycles. The van der Waals surface area contributed by atoms with Crippen molar-refractivity contribution in [3.05, 3.63) is 64.0 Å². The number of hydrogen-bond acceptors (Lipinski definition) is 5. The number of nitrogens with zero attached hydrogens (tertiary/aromatic N) is 2. The van der Waals surface area contributed by atoms with Gasteiger partial charge in [-0.25, -0.2) is 4.98 Å². The van der Waals surface area contributed by atoms with E-state index in [9.17, 15) is 5.26 Å². The molecule has 2 heterocycles. The van der Waals surface area contributed by atoms with Gasteiger partial charge in [0.25, 0.3) is 0 Å². The molecule has 0 N–H and O–H groups in total. The van der Waals surface area contributed by atoms with E-state index in [2.05, 4.69) is 11.1 Å². The van der Waals surface area contributed by atoms with Crippen LogP contribution in [0, 0.1) is 18.3 Å². The molecule has 122 valence electrons. The highest BCUT2D eigenvalue weighted by Crippen LogP contribution is 2.36. The quantitative estimate of drug-likeness (QED) is 0.632. The molecule has 0 fully saturated rings. The maximum absolute atomic E-state index is 9.51. The third-order valence-corrected chi connectivity index (χ3v) is 4.79. The molecule has 0 saturated heterocycles. The molecule has 4 rings (SSSR count). The standard InChI is InChI=1S/C20H14N2O2S/c1-13-2-4-14(5-3-13)8-16(10-21)20-22-17(11-25-20)15-6-7-18-19(9-15)24-12-23-18/h2-9,11H,12H2,1H3/b16-8+. The van der Waals surface area contributed by atoms with E-state index in [1.54, 1.807) is 0 Å². The molecule has 0 spiro atoms. The molecule has 1 aromatic heterocycles. The van der Waals surface area contributed by atoms with E-state index in [0.717, 1.165) is 28.3 Å². The zero-order chi connectivity index (χ0) is 17.2. The highest BCUT2D eigenvalue weighted by molar-refractivity contribution is 7.11. The molecular formula is C20H14N2O2S. The summed E-state index contributed by atoms with van der Waals surface area (Å²) in [6.45, 7) is 2.29. The highest BCUT2D eigenvalue weighted by atomic mass is 32.1. The predicted octanol–water partition coefficient (Wildman–Crippen LogP) is 4.91. The first-order valence-corrected chi connectivity index (χ1v) is 8.65. The van der Waals surface area contributed by atoms with Crippen LogP contribution in [0.25, 0.3) is 22.9 Å². The molecular weight excluding hydrogens is 332 g/mol. The van der Waals surface area contributed by atoms with Crippen LogP contribution in [-0.2, 0) is 0 Å². The lowest BCUT2D eigenvalue weighted by atomic mass is 10.1. The summed E-state index contributed by atoms with van der Waals surface area (Å²) in [4.78, 5) is 4.62. The summed E-state index contributed by atoms with van der Waals surface area (Å²) in [6, 6.07) is 16.0. The Morgan fingerprint density at radius 3 is 2.76 bits per heavy atom. The van der Waals surface area contributed by atoms with Gasteiger partial charge in [-0.1, -0.05) is 29.8 Å². The lowest BCUT2D eigenvalue weighted by Crippen LogP contribution is -1.92. The van der Waals surface area contributed by atoms with Crippen LogP contribution in [0.4, 0.5) is 0 Å². The van der Waals surface area contributed by atoms with Gasteiger partial charge in [-0.2, -0.15) is 5.26 Å². The van der Waals surface area contributed by atoms with Crippen LogP contribution in [0.15, 0.2) is 47.8 Å². The lowest BCUT2D eigenvalue weighted by molar-refractivity contribution is 0.174. The number of fused-ring (bicyclic) bond motifs is 1. The molecule has 4 nitrogen and oxygen atoms in total. The van der Waals surface area contributed by atoms with Crippen molar-refractivity contribution in [3.8, 4) is 28.8 Å². The van der Waals surface area contributed by atoms with Gasteiger partial charge in [0, 0.05) is 10.9 Å². The van der Waals surface area contributed by atoms with Gasteiger partial charge in [-0.05, 0) is 36.8 Å². The molecule has 1 aliphatic heterocycles. The molecule has 1 aliphatic rings. The Kier molecular flexibility index (Phi) is 3.96. The number of ether oxygens (including phenoxy) is 2. The first-order chi connectivity index (χ1) is 12.2. The molecule has 0 atom stereocenters. The number of rotatable bonds is 3. The second kappa shape index (κ2) is 6.42. The Hall–Kier alpha value is -3.10. The van der Waals surface area contributed by atoms with Gasteiger partial charge in [-0.15, -0.1) is 11.3 Å². The van der Waals surface area contributed by atoms with E-state index >= 15 is 0 Å². The Morgan fingerprint density at radius 2 is 1.96 bits per heavy atom.